The maximum atomic E-state index is 3.89. The quantitative estimate of drug-likeness (QED) is 0.304. The summed E-state index contributed by atoms with van der Waals surface area (Å²) in [7, 11) is 0. The van der Waals surface area contributed by atoms with E-state index in [9.17, 15) is 0 Å². The van der Waals surface area contributed by atoms with E-state index in [4.69, 9.17) is 0 Å². The SMILES string of the molecule is C=CC(C)CCC(C)C(C)CCC(C)=CCC(C)CCCC. The lowest BCUT2D eigenvalue weighted by molar-refractivity contribution is 0.326. The summed E-state index contributed by atoms with van der Waals surface area (Å²) < 4.78 is 0. The summed E-state index contributed by atoms with van der Waals surface area (Å²) in [6, 6.07) is 0. The minimum absolute atomic E-state index is 0.667. The zero-order valence-electron chi connectivity index (χ0n) is 16.3. The van der Waals surface area contributed by atoms with Crippen LogP contribution in [-0.4, -0.2) is 0 Å². The second-order valence-corrected chi connectivity index (χ2v) is 7.82. The number of hydrogen-bond donors (Lipinski definition) is 0. The Hall–Kier alpha value is -0.520. The zero-order valence-corrected chi connectivity index (χ0v) is 16.3. The highest BCUT2D eigenvalue weighted by Gasteiger charge is 2.13. The lowest BCUT2D eigenvalue weighted by Crippen LogP contribution is -2.09. The van der Waals surface area contributed by atoms with Crippen LogP contribution >= 0.6 is 0 Å². The Labute approximate surface area is 141 Å². The Morgan fingerprint density at radius 1 is 0.955 bits per heavy atom. The molecule has 0 radical (unpaired) electrons. The summed E-state index contributed by atoms with van der Waals surface area (Å²) in [5.74, 6) is 3.18. The van der Waals surface area contributed by atoms with Gasteiger partial charge in [0.05, 0.1) is 0 Å². The van der Waals surface area contributed by atoms with Crippen LogP contribution in [0.3, 0.4) is 0 Å². The van der Waals surface area contributed by atoms with E-state index >= 15 is 0 Å². The van der Waals surface area contributed by atoms with Crippen molar-refractivity contribution in [1.82, 2.24) is 0 Å². The Morgan fingerprint density at radius 2 is 1.59 bits per heavy atom. The van der Waals surface area contributed by atoms with Crippen molar-refractivity contribution in [3.63, 3.8) is 0 Å². The van der Waals surface area contributed by atoms with Crippen LogP contribution in [0, 0.1) is 23.7 Å². The maximum absolute atomic E-state index is 3.89. The Balaban J connectivity index is 3.96. The zero-order chi connectivity index (χ0) is 17.0. The van der Waals surface area contributed by atoms with Crippen molar-refractivity contribution in [1.29, 1.82) is 0 Å². The lowest BCUT2D eigenvalue weighted by Gasteiger charge is -2.21. The van der Waals surface area contributed by atoms with E-state index in [-0.39, 0.29) is 0 Å². The maximum Gasteiger partial charge on any atom is -0.0265 e. The predicted molar refractivity (Wildman–Crippen MR) is 103 cm³/mol. The molecule has 0 aliphatic rings. The third-order valence-electron chi connectivity index (χ3n) is 5.36. The van der Waals surface area contributed by atoms with Crippen LogP contribution < -0.4 is 0 Å². The largest absolute Gasteiger partial charge is 0.103 e. The van der Waals surface area contributed by atoms with E-state index < -0.39 is 0 Å². The highest BCUT2D eigenvalue weighted by molar-refractivity contribution is 4.98. The molecule has 4 unspecified atom stereocenters. The molecule has 0 heteroatoms. The van der Waals surface area contributed by atoms with Gasteiger partial charge < -0.3 is 0 Å². The molecule has 0 spiro atoms. The van der Waals surface area contributed by atoms with Gasteiger partial charge in [-0.05, 0) is 62.7 Å². The molecule has 0 N–H and O–H groups in total. The molecule has 0 aliphatic heterocycles. The highest BCUT2D eigenvalue weighted by Crippen LogP contribution is 2.25. The summed E-state index contributed by atoms with van der Waals surface area (Å²) in [4.78, 5) is 0. The summed E-state index contributed by atoms with van der Waals surface area (Å²) in [6.45, 7) is 18.0. The van der Waals surface area contributed by atoms with Gasteiger partial charge in [-0.2, -0.15) is 0 Å². The number of unbranched alkanes of at least 4 members (excludes halogenated alkanes) is 1. The third-order valence-corrected chi connectivity index (χ3v) is 5.36. The average molecular weight is 307 g/mol. The van der Waals surface area contributed by atoms with Crippen LogP contribution in [0.1, 0.15) is 92.9 Å². The van der Waals surface area contributed by atoms with Gasteiger partial charge >= 0.3 is 0 Å². The van der Waals surface area contributed by atoms with E-state index in [0.717, 1.165) is 17.8 Å². The van der Waals surface area contributed by atoms with Gasteiger partial charge in [0.25, 0.3) is 0 Å². The van der Waals surface area contributed by atoms with Crippen molar-refractivity contribution >= 4 is 0 Å². The van der Waals surface area contributed by atoms with Crippen molar-refractivity contribution < 1.29 is 0 Å². The molecule has 0 rings (SSSR count). The van der Waals surface area contributed by atoms with Gasteiger partial charge in [-0.1, -0.05) is 71.6 Å². The molecule has 0 aliphatic carbocycles. The normalized spacial score (nSPS) is 17.8. The first-order valence-electron chi connectivity index (χ1n) is 9.68. The van der Waals surface area contributed by atoms with Gasteiger partial charge in [-0.25, -0.2) is 0 Å². The summed E-state index contributed by atoms with van der Waals surface area (Å²) >= 11 is 0. The molecular formula is C22H42. The Bertz CT molecular complexity index is 299. The molecule has 0 nitrogen and oxygen atoms in total. The third kappa shape index (κ3) is 11.1. The molecular weight excluding hydrogens is 264 g/mol. The molecule has 0 bridgehead atoms. The highest BCUT2D eigenvalue weighted by atomic mass is 14.2. The van der Waals surface area contributed by atoms with Crippen LogP contribution in [0.5, 0.6) is 0 Å². The van der Waals surface area contributed by atoms with E-state index in [2.05, 4.69) is 60.3 Å². The van der Waals surface area contributed by atoms with Crippen molar-refractivity contribution in [2.75, 3.05) is 0 Å². The first kappa shape index (κ1) is 21.5. The van der Waals surface area contributed by atoms with Gasteiger partial charge in [0, 0.05) is 0 Å². The lowest BCUT2D eigenvalue weighted by atomic mass is 9.85. The van der Waals surface area contributed by atoms with Gasteiger partial charge in [0.15, 0.2) is 0 Å². The smallest absolute Gasteiger partial charge is 0.0265 e. The van der Waals surface area contributed by atoms with Crippen molar-refractivity contribution in [3.05, 3.63) is 24.3 Å². The van der Waals surface area contributed by atoms with E-state index in [1.54, 1.807) is 5.57 Å². The van der Waals surface area contributed by atoms with Crippen molar-refractivity contribution in [3.8, 4) is 0 Å². The van der Waals surface area contributed by atoms with Crippen molar-refractivity contribution in [2.24, 2.45) is 23.7 Å². The van der Waals surface area contributed by atoms with Crippen LogP contribution in [0.25, 0.3) is 0 Å². The molecule has 4 atom stereocenters. The van der Waals surface area contributed by atoms with Crippen LogP contribution in [0.2, 0.25) is 0 Å². The topological polar surface area (TPSA) is 0 Å². The van der Waals surface area contributed by atoms with Gasteiger partial charge in [-0.3, -0.25) is 0 Å². The van der Waals surface area contributed by atoms with E-state index in [1.165, 1.54) is 51.4 Å². The van der Waals surface area contributed by atoms with Gasteiger partial charge in [-0.15, -0.1) is 6.58 Å². The second kappa shape index (κ2) is 13.0. The fourth-order valence-electron chi connectivity index (χ4n) is 2.84. The predicted octanol–water partition coefficient (Wildman–Crippen LogP) is 7.80. The summed E-state index contributed by atoms with van der Waals surface area (Å²) in [5, 5.41) is 0. The van der Waals surface area contributed by atoms with Crippen LogP contribution in [-0.2, 0) is 0 Å². The molecule has 130 valence electrons. The monoisotopic (exact) mass is 306 g/mol. The molecule has 0 aromatic carbocycles. The first-order valence-corrected chi connectivity index (χ1v) is 9.68. The molecule has 0 aromatic rings. The molecule has 0 amide bonds. The summed E-state index contributed by atoms with van der Waals surface area (Å²) in [6.07, 6.45) is 15.2. The van der Waals surface area contributed by atoms with E-state index in [1.807, 2.05) is 0 Å². The fourth-order valence-corrected chi connectivity index (χ4v) is 2.84. The molecule has 22 heavy (non-hydrogen) atoms. The fraction of sp³-hybridized carbons (Fsp3) is 0.818. The number of rotatable bonds is 13. The first-order chi connectivity index (χ1) is 10.4. The molecule has 0 saturated heterocycles. The minimum Gasteiger partial charge on any atom is -0.103 e. The number of allylic oxidation sites excluding steroid dienone is 3. The second-order valence-electron chi connectivity index (χ2n) is 7.82. The number of hydrogen-bond acceptors (Lipinski definition) is 0. The Morgan fingerprint density at radius 3 is 2.18 bits per heavy atom. The molecule has 0 aromatic heterocycles. The van der Waals surface area contributed by atoms with Crippen molar-refractivity contribution in [2.45, 2.75) is 92.9 Å². The summed E-state index contributed by atoms with van der Waals surface area (Å²) in [5.41, 5.74) is 1.60. The minimum atomic E-state index is 0.667. The van der Waals surface area contributed by atoms with E-state index in [0.29, 0.717) is 5.92 Å². The van der Waals surface area contributed by atoms with Crippen LogP contribution in [0.4, 0.5) is 0 Å². The van der Waals surface area contributed by atoms with Crippen LogP contribution in [0.15, 0.2) is 24.3 Å². The van der Waals surface area contributed by atoms with Gasteiger partial charge in [0.2, 0.25) is 0 Å². The molecule has 0 saturated carbocycles. The molecule has 0 heterocycles. The van der Waals surface area contributed by atoms with Gasteiger partial charge in [0.1, 0.15) is 0 Å². The Kier molecular flexibility index (Phi) is 12.7. The average Bonchev–Trinajstić information content (AvgIpc) is 2.52. The standard InChI is InChI=1S/C22H42/c1-8-10-11-19(4)12-13-20(5)15-17-22(7)21(6)16-14-18(3)9-2/h9,13,18-19,21-22H,2,8,10-12,14-17H2,1,3-7H3. The molecule has 0 fully saturated rings.